The van der Waals surface area contributed by atoms with Gasteiger partial charge in [0.25, 0.3) is 5.91 Å². The van der Waals surface area contributed by atoms with E-state index < -0.39 is 0 Å². The van der Waals surface area contributed by atoms with Crippen molar-refractivity contribution in [1.29, 1.82) is 0 Å². The first-order valence-corrected chi connectivity index (χ1v) is 13.2. The van der Waals surface area contributed by atoms with Gasteiger partial charge < -0.3 is 10.2 Å². The molecule has 0 aliphatic carbocycles. The molecule has 0 fully saturated rings. The zero-order valence-electron chi connectivity index (χ0n) is 21.2. The summed E-state index contributed by atoms with van der Waals surface area (Å²) in [6.45, 7) is 8.59. The summed E-state index contributed by atoms with van der Waals surface area (Å²) >= 11 is 1.45. The smallest absolute Gasteiger partial charge is 0.265 e. The lowest BCUT2D eigenvalue weighted by atomic mass is 10.1. The minimum atomic E-state index is -0.154. The van der Waals surface area contributed by atoms with Crippen molar-refractivity contribution >= 4 is 41.0 Å². The highest BCUT2D eigenvalue weighted by molar-refractivity contribution is 8.04. The molecule has 1 aliphatic rings. The Labute approximate surface area is 218 Å². The SMILES string of the molecule is CCN(CCCNC(=O)CN1C(=O)/C(=C\c2ccc(C)cc2)Sc2ccccc21)c1cccc(C)c1. The highest BCUT2D eigenvalue weighted by atomic mass is 32.2. The highest BCUT2D eigenvalue weighted by Gasteiger charge is 2.30. The van der Waals surface area contributed by atoms with Crippen LogP contribution in [0.5, 0.6) is 0 Å². The summed E-state index contributed by atoms with van der Waals surface area (Å²) in [5.74, 6) is -0.302. The average Bonchev–Trinajstić information content (AvgIpc) is 2.88. The Kier molecular flexibility index (Phi) is 8.49. The number of hydrogen-bond donors (Lipinski definition) is 1. The maximum Gasteiger partial charge on any atom is 0.265 e. The van der Waals surface area contributed by atoms with Crippen molar-refractivity contribution in [3.05, 3.63) is 94.4 Å². The standard InChI is InChI=1S/C30H33N3O2S/c1-4-32(25-10-7-9-23(3)19-25)18-8-17-31-29(34)21-33-26-11-5-6-12-27(26)36-28(30(33)35)20-24-15-13-22(2)14-16-24/h5-7,9-16,19-20H,4,8,17-18,21H2,1-3H3,(H,31,34)/b28-20+. The first kappa shape index (κ1) is 25.6. The second-order valence-electron chi connectivity index (χ2n) is 9.00. The number of thioether (sulfide) groups is 1. The van der Waals surface area contributed by atoms with Crippen LogP contribution in [0.15, 0.2) is 82.6 Å². The molecule has 0 saturated carbocycles. The number of para-hydroxylation sites is 1. The van der Waals surface area contributed by atoms with Crippen LogP contribution in [0, 0.1) is 13.8 Å². The third kappa shape index (κ3) is 6.38. The molecule has 3 aromatic rings. The molecule has 0 bridgehead atoms. The topological polar surface area (TPSA) is 52.7 Å². The van der Waals surface area contributed by atoms with Gasteiger partial charge in [-0.25, -0.2) is 0 Å². The minimum Gasteiger partial charge on any atom is -0.372 e. The molecule has 1 N–H and O–H groups in total. The number of fused-ring (bicyclic) bond motifs is 1. The lowest BCUT2D eigenvalue weighted by molar-refractivity contribution is -0.122. The molecule has 0 radical (unpaired) electrons. The molecule has 6 heteroatoms. The molecular formula is C30H33N3O2S. The number of amides is 2. The first-order valence-electron chi connectivity index (χ1n) is 12.4. The van der Waals surface area contributed by atoms with Crippen molar-refractivity contribution in [2.45, 2.75) is 32.1 Å². The van der Waals surface area contributed by atoms with E-state index in [9.17, 15) is 9.59 Å². The summed E-state index contributed by atoms with van der Waals surface area (Å²) < 4.78 is 0. The van der Waals surface area contributed by atoms with Gasteiger partial charge in [0.15, 0.2) is 0 Å². The summed E-state index contributed by atoms with van der Waals surface area (Å²) in [6, 6.07) is 24.3. The van der Waals surface area contributed by atoms with Gasteiger partial charge in [-0.3, -0.25) is 14.5 Å². The fourth-order valence-corrected chi connectivity index (χ4v) is 5.28. The fourth-order valence-electron chi connectivity index (χ4n) is 4.22. The lowest BCUT2D eigenvalue weighted by Crippen LogP contribution is -2.43. The molecule has 5 nitrogen and oxygen atoms in total. The molecule has 2 amide bonds. The van der Waals surface area contributed by atoms with E-state index in [1.54, 1.807) is 4.90 Å². The van der Waals surface area contributed by atoms with Crippen LogP contribution < -0.4 is 15.1 Å². The number of rotatable bonds is 9. The summed E-state index contributed by atoms with van der Waals surface area (Å²) in [5.41, 5.74) is 5.35. The predicted molar refractivity (Wildman–Crippen MR) is 151 cm³/mol. The van der Waals surface area contributed by atoms with Gasteiger partial charge in [0, 0.05) is 30.2 Å². The summed E-state index contributed by atoms with van der Waals surface area (Å²) in [4.78, 5) is 31.7. The number of carbonyl (C=O) groups is 2. The van der Waals surface area contributed by atoms with Crippen molar-refractivity contribution in [3.8, 4) is 0 Å². The summed E-state index contributed by atoms with van der Waals surface area (Å²) in [5, 5.41) is 3.01. The molecule has 0 unspecified atom stereocenters. The molecule has 186 valence electrons. The number of hydrogen-bond acceptors (Lipinski definition) is 4. The Morgan fingerprint density at radius 1 is 1.00 bits per heavy atom. The molecule has 1 heterocycles. The number of nitrogens with zero attached hydrogens (tertiary/aromatic N) is 2. The van der Waals surface area contributed by atoms with Crippen molar-refractivity contribution in [3.63, 3.8) is 0 Å². The molecule has 3 aromatic carbocycles. The Bertz CT molecular complexity index is 1250. The maximum absolute atomic E-state index is 13.4. The Morgan fingerprint density at radius 2 is 1.78 bits per heavy atom. The maximum atomic E-state index is 13.4. The van der Waals surface area contributed by atoms with Crippen LogP contribution in [0.4, 0.5) is 11.4 Å². The second kappa shape index (κ2) is 12.0. The van der Waals surface area contributed by atoms with E-state index in [2.05, 4.69) is 48.3 Å². The zero-order valence-corrected chi connectivity index (χ0v) is 22.0. The number of aryl methyl sites for hydroxylation is 2. The Hall–Kier alpha value is -3.51. The minimum absolute atomic E-state index is 0.00296. The monoisotopic (exact) mass is 499 g/mol. The molecule has 0 aromatic heterocycles. The van der Waals surface area contributed by atoms with E-state index in [4.69, 9.17) is 0 Å². The number of benzene rings is 3. The van der Waals surface area contributed by atoms with Crippen LogP contribution in [0.25, 0.3) is 6.08 Å². The van der Waals surface area contributed by atoms with Crippen LogP contribution in [0.1, 0.15) is 30.0 Å². The molecule has 0 saturated heterocycles. The number of carbonyl (C=O) groups excluding carboxylic acids is 2. The Balaban J connectivity index is 1.38. The van der Waals surface area contributed by atoms with Gasteiger partial charge in [-0.2, -0.15) is 0 Å². The van der Waals surface area contributed by atoms with Crippen LogP contribution in [0.2, 0.25) is 0 Å². The zero-order chi connectivity index (χ0) is 25.5. The highest BCUT2D eigenvalue weighted by Crippen LogP contribution is 2.41. The van der Waals surface area contributed by atoms with E-state index in [1.165, 1.54) is 28.6 Å². The number of nitrogens with one attached hydrogen (secondary N) is 1. The van der Waals surface area contributed by atoms with E-state index in [1.807, 2.05) is 61.5 Å². The van der Waals surface area contributed by atoms with Crippen molar-refractivity contribution in [2.24, 2.45) is 0 Å². The largest absolute Gasteiger partial charge is 0.372 e. The van der Waals surface area contributed by atoms with E-state index in [-0.39, 0.29) is 18.4 Å². The molecule has 1 aliphatic heterocycles. The van der Waals surface area contributed by atoms with E-state index >= 15 is 0 Å². The third-order valence-corrected chi connectivity index (χ3v) is 7.26. The summed E-state index contributed by atoms with van der Waals surface area (Å²) in [6.07, 6.45) is 2.73. The normalized spacial score (nSPS) is 14.0. The van der Waals surface area contributed by atoms with E-state index in [0.29, 0.717) is 11.4 Å². The van der Waals surface area contributed by atoms with Crippen LogP contribution >= 0.6 is 11.8 Å². The van der Waals surface area contributed by atoms with Gasteiger partial charge in [0.05, 0.1) is 10.6 Å². The van der Waals surface area contributed by atoms with Crippen molar-refractivity contribution < 1.29 is 9.59 Å². The number of anilines is 2. The molecular weight excluding hydrogens is 466 g/mol. The summed E-state index contributed by atoms with van der Waals surface area (Å²) in [7, 11) is 0. The quantitative estimate of drug-likeness (QED) is 0.298. The predicted octanol–water partition coefficient (Wildman–Crippen LogP) is 5.82. The third-order valence-electron chi connectivity index (χ3n) is 6.18. The van der Waals surface area contributed by atoms with E-state index in [0.717, 1.165) is 35.7 Å². The van der Waals surface area contributed by atoms with Crippen LogP contribution in [-0.4, -0.2) is 38.0 Å². The van der Waals surface area contributed by atoms with Gasteiger partial charge in [-0.05, 0) is 68.7 Å². The molecule has 36 heavy (non-hydrogen) atoms. The van der Waals surface area contributed by atoms with Gasteiger partial charge in [-0.15, -0.1) is 0 Å². The molecule has 0 spiro atoms. The van der Waals surface area contributed by atoms with Crippen molar-refractivity contribution in [1.82, 2.24) is 5.32 Å². The van der Waals surface area contributed by atoms with Crippen molar-refractivity contribution in [2.75, 3.05) is 36.0 Å². The average molecular weight is 500 g/mol. The van der Waals surface area contributed by atoms with Crippen LogP contribution in [0.3, 0.4) is 0 Å². The van der Waals surface area contributed by atoms with Gasteiger partial charge in [-0.1, -0.05) is 65.9 Å². The Morgan fingerprint density at radius 3 is 2.53 bits per heavy atom. The van der Waals surface area contributed by atoms with Crippen LogP contribution in [-0.2, 0) is 9.59 Å². The fraction of sp³-hybridized carbons (Fsp3) is 0.267. The van der Waals surface area contributed by atoms with Gasteiger partial charge >= 0.3 is 0 Å². The van der Waals surface area contributed by atoms with Gasteiger partial charge in [0.2, 0.25) is 5.91 Å². The second-order valence-corrected chi connectivity index (χ2v) is 10.1. The molecule has 4 rings (SSSR count). The molecule has 0 atom stereocenters. The first-order chi connectivity index (χ1) is 17.4. The lowest BCUT2D eigenvalue weighted by Gasteiger charge is -2.30. The van der Waals surface area contributed by atoms with Gasteiger partial charge in [0.1, 0.15) is 6.54 Å².